The normalized spacial score (nSPS) is 17.5. The summed E-state index contributed by atoms with van der Waals surface area (Å²) in [5.74, 6) is -3.88. The Kier molecular flexibility index (Phi) is 1.92. The third-order valence-electron chi connectivity index (χ3n) is 2.71. The van der Waals surface area contributed by atoms with Crippen molar-refractivity contribution in [2.45, 2.75) is 18.3 Å². The molecule has 1 aliphatic carbocycles. The van der Waals surface area contributed by atoms with Crippen molar-refractivity contribution in [3.63, 3.8) is 0 Å². The van der Waals surface area contributed by atoms with E-state index in [4.69, 9.17) is 10.2 Å². The molecule has 3 nitrogen and oxygen atoms in total. The molecule has 0 radical (unpaired) electrons. The first-order chi connectivity index (χ1) is 6.97. The fourth-order valence-corrected chi connectivity index (χ4v) is 1.63. The van der Waals surface area contributed by atoms with E-state index >= 15 is 0 Å². The predicted octanol–water partition coefficient (Wildman–Crippen LogP) is 1.79. The Morgan fingerprint density at radius 1 is 1.27 bits per heavy atom. The van der Waals surface area contributed by atoms with Gasteiger partial charge in [0, 0.05) is 11.6 Å². The van der Waals surface area contributed by atoms with Crippen molar-refractivity contribution >= 4 is 5.97 Å². The van der Waals surface area contributed by atoms with Crippen molar-refractivity contribution in [1.82, 2.24) is 0 Å². The number of phenols is 1. The van der Waals surface area contributed by atoms with Gasteiger partial charge in [-0.1, -0.05) is 0 Å². The van der Waals surface area contributed by atoms with Gasteiger partial charge in [-0.15, -0.1) is 0 Å². The first-order valence-corrected chi connectivity index (χ1v) is 4.39. The van der Waals surface area contributed by atoms with Crippen LogP contribution in [0.5, 0.6) is 5.75 Å². The topological polar surface area (TPSA) is 57.5 Å². The average molecular weight is 214 g/mol. The lowest BCUT2D eigenvalue weighted by Crippen LogP contribution is -2.21. The zero-order valence-electron chi connectivity index (χ0n) is 7.63. The molecule has 15 heavy (non-hydrogen) atoms. The second kappa shape index (κ2) is 2.92. The molecule has 1 aliphatic rings. The third kappa shape index (κ3) is 1.35. The number of rotatable bonds is 2. The molecule has 2 rings (SSSR count). The van der Waals surface area contributed by atoms with Crippen LogP contribution < -0.4 is 0 Å². The molecule has 2 N–H and O–H groups in total. The number of carboxylic acids is 1. The lowest BCUT2D eigenvalue weighted by molar-refractivity contribution is -0.140. The van der Waals surface area contributed by atoms with Gasteiger partial charge < -0.3 is 10.2 Å². The van der Waals surface area contributed by atoms with E-state index in [9.17, 15) is 13.6 Å². The van der Waals surface area contributed by atoms with Gasteiger partial charge in [0.25, 0.3) is 0 Å². The second-order valence-corrected chi connectivity index (χ2v) is 3.67. The van der Waals surface area contributed by atoms with Gasteiger partial charge in [0.1, 0.15) is 5.82 Å². The molecule has 0 bridgehead atoms. The Labute approximate surface area is 84.0 Å². The van der Waals surface area contributed by atoms with Crippen molar-refractivity contribution < 1.29 is 23.8 Å². The number of halogens is 2. The zero-order valence-corrected chi connectivity index (χ0v) is 7.63. The van der Waals surface area contributed by atoms with Crippen molar-refractivity contribution in [2.75, 3.05) is 0 Å². The molecule has 0 unspecified atom stereocenters. The van der Waals surface area contributed by atoms with Crippen molar-refractivity contribution in [3.8, 4) is 5.75 Å². The highest BCUT2D eigenvalue weighted by atomic mass is 19.1. The van der Waals surface area contributed by atoms with Crippen LogP contribution in [-0.2, 0) is 10.2 Å². The lowest BCUT2D eigenvalue weighted by atomic mass is 9.95. The summed E-state index contributed by atoms with van der Waals surface area (Å²) in [4.78, 5) is 10.9. The Morgan fingerprint density at radius 2 is 1.87 bits per heavy atom. The summed E-state index contributed by atoms with van der Waals surface area (Å²) in [6.07, 6.45) is 0.620. The molecule has 0 amide bonds. The van der Waals surface area contributed by atoms with Gasteiger partial charge in [0.05, 0.1) is 5.41 Å². The maximum Gasteiger partial charge on any atom is 0.314 e. The minimum absolute atomic E-state index is 0.145. The van der Waals surface area contributed by atoms with Gasteiger partial charge in [-0.3, -0.25) is 4.79 Å². The highest BCUT2D eigenvalue weighted by Gasteiger charge is 2.53. The monoisotopic (exact) mass is 214 g/mol. The maximum absolute atomic E-state index is 13.3. The van der Waals surface area contributed by atoms with E-state index < -0.39 is 28.8 Å². The second-order valence-electron chi connectivity index (χ2n) is 3.67. The molecular formula is C10H8F2O3. The van der Waals surface area contributed by atoms with Crippen molar-refractivity contribution in [2.24, 2.45) is 0 Å². The molecule has 1 aromatic carbocycles. The molecule has 1 saturated carbocycles. The first kappa shape index (κ1) is 9.89. The van der Waals surface area contributed by atoms with Crippen molar-refractivity contribution in [3.05, 3.63) is 29.3 Å². The number of hydrogen-bond donors (Lipinski definition) is 2. The van der Waals surface area contributed by atoms with Crippen LogP contribution in [0.4, 0.5) is 8.78 Å². The number of carbonyl (C=O) groups is 1. The number of aromatic hydroxyl groups is 1. The number of hydrogen-bond acceptors (Lipinski definition) is 2. The molecule has 0 aliphatic heterocycles. The fourth-order valence-electron chi connectivity index (χ4n) is 1.63. The molecule has 0 saturated heterocycles. The molecule has 1 aromatic rings. The summed E-state index contributed by atoms with van der Waals surface area (Å²) < 4.78 is 26.0. The Hall–Kier alpha value is -1.65. The van der Waals surface area contributed by atoms with Crippen molar-refractivity contribution in [1.29, 1.82) is 0 Å². The molecule has 0 heterocycles. The van der Waals surface area contributed by atoms with Gasteiger partial charge >= 0.3 is 5.97 Å². The zero-order chi connectivity index (χ0) is 11.2. The fraction of sp³-hybridized carbons (Fsp3) is 0.300. The van der Waals surface area contributed by atoms with Crippen LogP contribution in [0.2, 0.25) is 0 Å². The molecule has 0 atom stereocenters. The number of benzene rings is 1. The van der Waals surface area contributed by atoms with Gasteiger partial charge in [0.15, 0.2) is 11.6 Å². The molecule has 0 spiro atoms. The van der Waals surface area contributed by atoms with Gasteiger partial charge in [-0.25, -0.2) is 8.78 Å². The van der Waals surface area contributed by atoms with Gasteiger partial charge in [0.2, 0.25) is 0 Å². The molecule has 1 fully saturated rings. The molecule has 5 heteroatoms. The largest absolute Gasteiger partial charge is 0.505 e. The Morgan fingerprint density at radius 3 is 2.33 bits per heavy atom. The predicted molar refractivity (Wildman–Crippen MR) is 46.6 cm³/mol. The van der Waals surface area contributed by atoms with Crippen LogP contribution >= 0.6 is 0 Å². The van der Waals surface area contributed by atoms with Crippen LogP contribution in [0.1, 0.15) is 18.4 Å². The summed E-state index contributed by atoms with van der Waals surface area (Å²) in [5.41, 5.74) is -1.41. The molecular weight excluding hydrogens is 206 g/mol. The minimum Gasteiger partial charge on any atom is -0.505 e. The van der Waals surface area contributed by atoms with E-state index in [1.54, 1.807) is 0 Å². The minimum atomic E-state index is -1.27. The summed E-state index contributed by atoms with van der Waals surface area (Å²) in [6.45, 7) is 0. The quantitative estimate of drug-likeness (QED) is 0.789. The first-order valence-electron chi connectivity index (χ1n) is 4.39. The van der Waals surface area contributed by atoms with Crippen LogP contribution in [0, 0.1) is 11.6 Å². The summed E-state index contributed by atoms with van der Waals surface area (Å²) in [7, 11) is 0. The number of phenolic OH excluding ortho intramolecular Hbond substituents is 1. The van der Waals surface area contributed by atoms with Gasteiger partial charge in [-0.05, 0) is 18.9 Å². The van der Waals surface area contributed by atoms with Crippen LogP contribution in [-0.4, -0.2) is 16.2 Å². The summed E-state index contributed by atoms with van der Waals surface area (Å²) in [6, 6.07) is 1.36. The standard InChI is InChI=1S/C10H8F2O3/c11-6-4-7(12)8(13)3-5(6)10(1-2-10)9(14)15/h3-4,13H,1-2H2,(H,14,15). The SMILES string of the molecule is O=C(O)C1(c2cc(O)c(F)cc2F)CC1. The Balaban J connectivity index is 2.54. The van der Waals surface area contributed by atoms with Crippen LogP contribution in [0.15, 0.2) is 12.1 Å². The third-order valence-corrected chi connectivity index (χ3v) is 2.71. The highest BCUT2D eigenvalue weighted by molar-refractivity contribution is 5.85. The van der Waals surface area contributed by atoms with E-state index in [0.717, 1.165) is 6.07 Å². The maximum atomic E-state index is 13.3. The average Bonchev–Trinajstić information content (AvgIpc) is 2.92. The number of carboxylic acid groups (broad SMARTS) is 1. The smallest absolute Gasteiger partial charge is 0.314 e. The number of aliphatic carboxylic acids is 1. The van der Waals surface area contributed by atoms with E-state index in [2.05, 4.69) is 0 Å². The highest BCUT2D eigenvalue weighted by Crippen LogP contribution is 2.50. The molecule has 80 valence electrons. The Bertz CT molecular complexity index is 439. The van der Waals surface area contributed by atoms with E-state index in [1.807, 2.05) is 0 Å². The van der Waals surface area contributed by atoms with E-state index in [-0.39, 0.29) is 5.56 Å². The van der Waals surface area contributed by atoms with Gasteiger partial charge in [-0.2, -0.15) is 0 Å². The van der Waals surface area contributed by atoms with E-state index in [1.165, 1.54) is 0 Å². The van der Waals surface area contributed by atoms with E-state index in [0.29, 0.717) is 18.9 Å². The van der Waals surface area contributed by atoms with Crippen LogP contribution in [0.3, 0.4) is 0 Å². The lowest BCUT2D eigenvalue weighted by Gasteiger charge is -2.11. The molecule has 0 aromatic heterocycles. The summed E-state index contributed by atoms with van der Waals surface area (Å²) in [5, 5.41) is 18.0. The van der Waals surface area contributed by atoms with Crippen LogP contribution in [0.25, 0.3) is 0 Å². The summed E-state index contributed by atoms with van der Waals surface area (Å²) >= 11 is 0.